The maximum absolute atomic E-state index is 5.12. The van der Waals surface area contributed by atoms with E-state index in [0.29, 0.717) is 5.92 Å². The standard InChI is InChI=1S/C26H34N4S/c1-25(2)9-10-26(3,4)21-15-19(5-6-20(21)25)22-17-31-24(29-22)18-7-13-30(14-8-18)16-23-27-11-12-28-23/h5-6,11-12,15,17-18H,7-10,13-14,16H2,1-4H3,(H,27,28). The Hall–Kier alpha value is -1.98. The highest BCUT2D eigenvalue weighted by atomic mass is 32.1. The number of aromatic nitrogens is 3. The molecule has 2 aliphatic rings. The van der Waals surface area contributed by atoms with Crippen LogP contribution < -0.4 is 0 Å². The van der Waals surface area contributed by atoms with E-state index in [-0.39, 0.29) is 10.8 Å². The number of hydrogen-bond donors (Lipinski definition) is 1. The van der Waals surface area contributed by atoms with E-state index >= 15 is 0 Å². The van der Waals surface area contributed by atoms with Crippen molar-refractivity contribution in [3.63, 3.8) is 0 Å². The highest BCUT2D eigenvalue weighted by Gasteiger charge is 2.37. The molecule has 3 heterocycles. The molecule has 0 atom stereocenters. The van der Waals surface area contributed by atoms with E-state index in [1.54, 1.807) is 0 Å². The van der Waals surface area contributed by atoms with Crippen molar-refractivity contribution in [1.29, 1.82) is 0 Å². The maximum atomic E-state index is 5.12. The third kappa shape index (κ3) is 4.10. The molecule has 2 aromatic heterocycles. The van der Waals surface area contributed by atoms with E-state index < -0.39 is 0 Å². The third-order valence-corrected chi connectivity index (χ3v) is 8.54. The van der Waals surface area contributed by atoms with Gasteiger partial charge in [0, 0.05) is 29.3 Å². The molecule has 1 fully saturated rings. The Morgan fingerprint density at radius 3 is 2.52 bits per heavy atom. The molecule has 1 saturated heterocycles. The lowest BCUT2D eigenvalue weighted by atomic mass is 9.63. The van der Waals surface area contributed by atoms with E-state index in [1.165, 1.54) is 47.4 Å². The summed E-state index contributed by atoms with van der Waals surface area (Å²) < 4.78 is 0. The Morgan fingerprint density at radius 1 is 1.06 bits per heavy atom. The highest BCUT2D eigenvalue weighted by Crippen LogP contribution is 2.47. The summed E-state index contributed by atoms with van der Waals surface area (Å²) in [6, 6.07) is 7.10. The summed E-state index contributed by atoms with van der Waals surface area (Å²) in [5.74, 6) is 1.65. The van der Waals surface area contributed by atoms with Crippen molar-refractivity contribution in [2.24, 2.45) is 0 Å². The maximum Gasteiger partial charge on any atom is 0.120 e. The number of hydrogen-bond acceptors (Lipinski definition) is 4. The lowest BCUT2D eigenvalue weighted by Gasteiger charge is -2.42. The number of H-pyrrole nitrogens is 1. The van der Waals surface area contributed by atoms with Gasteiger partial charge in [-0.15, -0.1) is 11.3 Å². The summed E-state index contributed by atoms with van der Waals surface area (Å²) >= 11 is 1.85. The zero-order chi connectivity index (χ0) is 21.6. The van der Waals surface area contributed by atoms with Gasteiger partial charge in [-0.25, -0.2) is 9.97 Å². The Kier molecular flexibility index (Phi) is 5.30. The molecular weight excluding hydrogens is 400 g/mol. The minimum absolute atomic E-state index is 0.237. The lowest BCUT2D eigenvalue weighted by Crippen LogP contribution is -2.33. The largest absolute Gasteiger partial charge is 0.348 e. The Balaban J connectivity index is 1.31. The molecule has 5 heteroatoms. The fraction of sp³-hybridized carbons (Fsp3) is 0.538. The number of nitrogens with zero attached hydrogens (tertiary/aromatic N) is 3. The molecule has 1 aromatic carbocycles. The van der Waals surface area contributed by atoms with E-state index in [2.05, 4.69) is 66.1 Å². The van der Waals surface area contributed by atoms with Crippen LogP contribution in [0.3, 0.4) is 0 Å². The summed E-state index contributed by atoms with van der Waals surface area (Å²) in [6.07, 6.45) is 8.60. The lowest BCUT2D eigenvalue weighted by molar-refractivity contribution is 0.200. The molecule has 0 radical (unpaired) electrons. The van der Waals surface area contributed by atoms with Crippen LogP contribution in [0.2, 0.25) is 0 Å². The van der Waals surface area contributed by atoms with Gasteiger partial charge in [-0.1, -0.05) is 39.8 Å². The topological polar surface area (TPSA) is 44.8 Å². The third-order valence-electron chi connectivity index (χ3n) is 7.54. The summed E-state index contributed by atoms with van der Waals surface area (Å²) in [7, 11) is 0. The van der Waals surface area contributed by atoms with Crippen LogP contribution in [0, 0.1) is 0 Å². The van der Waals surface area contributed by atoms with Crippen molar-refractivity contribution in [2.75, 3.05) is 13.1 Å². The minimum Gasteiger partial charge on any atom is -0.348 e. The second-order valence-electron chi connectivity index (χ2n) is 10.7. The molecule has 0 unspecified atom stereocenters. The van der Waals surface area contributed by atoms with E-state index in [0.717, 1.165) is 31.2 Å². The SMILES string of the molecule is CC1(C)CCC(C)(C)c2cc(-c3csc(C4CCN(Cc5ncc[nH]5)CC4)n3)ccc21. The molecule has 0 bridgehead atoms. The number of imidazole rings is 1. The van der Waals surface area contributed by atoms with Crippen molar-refractivity contribution >= 4 is 11.3 Å². The van der Waals surface area contributed by atoms with Gasteiger partial charge in [0.25, 0.3) is 0 Å². The van der Waals surface area contributed by atoms with Crippen molar-refractivity contribution in [2.45, 2.75) is 76.7 Å². The summed E-state index contributed by atoms with van der Waals surface area (Å²) in [4.78, 5) is 15.2. The number of benzene rings is 1. The van der Waals surface area contributed by atoms with Crippen molar-refractivity contribution in [3.8, 4) is 11.3 Å². The van der Waals surface area contributed by atoms with Crippen LogP contribution in [0.25, 0.3) is 11.3 Å². The van der Waals surface area contributed by atoms with Gasteiger partial charge in [0.15, 0.2) is 0 Å². The Labute approximate surface area is 190 Å². The normalized spacial score (nSPS) is 21.2. The molecule has 3 aromatic rings. The van der Waals surface area contributed by atoms with Crippen LogP contribution in [-0.2, 0) is 17.4 Å². The first kappa shape index (κ1) is 20.9. The van der Waals surface area contributed by atoms with E-state index in [4.69, 9.17) is 4.98 Å². The number of fused-ring (bicyclic) bond motifs is 1. The smallest absolute Gasteiger partial charge is 0.120 e. The number of thiazole rings is 1. The zero-order valence-corrected chi connectivity index (χ0v) is 20.1. The van der Waals surface area contributed by atoms with Crippen LogP contribution >= 0.6 is 11.3 Å². The molecule has 0 saturated carbocycles. The van der Waals surface area contributed by atoms with Gasteiger partial charge >= 0.3 is 0 Å². The highest BCUT2D eigenvalue weighted by molar-refractivity contribution is 7.10. The predicted octanol–water partition coefficient (Wildman–Crippen LogP) is 6.26. The van der Waals surface area contributed by atoms with Crippen LogP contribution in [0.4, 0.5) is 0 Å². The van der Waals surface area contributed by atoms with Crippen molar-refractivity contribution in [1.82, 2.24) is 19.9 Å². The number of likely N-dealkylation sites (tertiary alicyclic amines) is 1. The van der Waals surface area contributed by atoms with Gasteiger partial charge < -0.3 is 4.98 Å². The Morgan fingerprint density at radius 2 is 1.81 bits per heavy atom. The first-order chi connectivity index (χ1) is 14.8. The average Bonchev–Trinajstić information content (AvgIpc) is 3.44. The van der Waals surface area contributed by atoms with E-state index in [1.807, 2.05) is 23.7 Å². The number of piperidine rings is 1. The molecule has 5 rings (SSSR count). The van der Waals surface area contributed by atoms with Crippen molar-refractivity contribution < 1.29 is 0 Å². The predicted molar refractivity (Wildman–Crippen MR) is 129 cm³/mol. The van der Waals surface area contributed by atoms with Gasteiger partial charge in [-0.3, -0.25) is 4.90 Å². The van der Waals surface area contributed by atoms with Gasteiger partial charge in [0.05, 0.1) is 17.2 Å². The summed E-state index contributed by atoms with van der Waals surface area (Å²) in [5.41, 5.74) is 5.97. The fourth-order valence-electron chi connectivity index (χ4n) is 5.29. The first-order valence-electron chi connectivity index (χ1n) is 11.6. The fourth-order valence-corrected chi connectivity index (χ4v) is 6.29. The van der Waals surface area contributed by atoms with Gasteiger partial charge in [0.1, 0.15) is 5.82 Å². The molecule has 0 amide bonds. The summed E-state index contributed by atoms with van der Waals surface area (Å²) in [5, 5.41) is 3.58. The second-order valence-corrected chi connectivity index (χ2v) is 11.6. The van der Waals surface area contributed by atoms with Crippen molar-refractivity contribution in [3.05, 3.63) is 57.9 Å². The molecule has 31 heavy (non-hydrogen) atoms. The summed E-state index contributed by atoms with van der Waals surface area (Å²) in [6.45, 7) is 12.7. The quantitative estimate of drug-likeness (QED) is 0.527. The molecule has 164 valence electrons. The number of rotatable bonds is 4. The zero-order valence-electron chi connectivity index (χ0n) is 19.2. The Bertz CT molecular complexity index is 1040. The average molecular weight is 435 g/mol. The minimum atomic E-state index is 0.237. The molecule has 0 spiro atoms. The molecule has 1 aliphatic heterocycles. The molecule has 1 N–H and O–H groups in total. The van der Waals surface area contributed by atoms with Gasteiger partial charge in [0.2, 0.25) is 0 Å². The second kappa shape index (κ2) is 7.86. The van der Waals surface area contributed by atoms with E-state index in [9.17, 15) is 0 Å². The van der Waals surface area contributed by atoms with Gasteiger partial charge in [-0.2, -0.15) is 0 Å². The van der Waals surface area contributed by atoms with Crippen LogP contribution in [0.5, 0.6) is 0 Å². The van der Waals surface area contributed by atoms with Gasteiger partial charge in [-0.05, 0) is 66.8 Å². The molecule has 1 aliphatic carbocycles. The number of nitrogens with one attached hydrogen (secondary N) is 1. The van der Waals surface area contributed by atoms with Crippen LogP contribution in [-0.4, -0.2) is 32.9 Å². The monoisotopic (exact) mass is 434 g/mol. The van der Waals surface area contributed by atoms with Crippen LogP contribution in [0.1, 0.15) is 81.3 Å². The molecular formula is C26H34N4S. The molecule has 4 nitrogen and oxygen atoms in total. The van der Waals surface area contributed by atoms with Crippen LogP contribution in [0.15, 0.2) is 36.0 Å². The number of aromatic amines is 1. The first-order valence-corrected chi connectivity index (χ1v) is 12.5.